The van der Waals surface area contributed by atoms with E-state index in [1.165, 1.54) is 13.2 Å². The van der Waals surface area contributed by atoms with Gasteiger partial charge < -0.3 is 14.6 Å². The fourth-order valence-electron chi connectivity index (χ4n) is 1.70. The number of pyridine rings is 1. The Hall–Kier alpha value is -3.09. The molecule has 0 spiro atoms. The second-order valence-corrected chi connectivity index (χ2v) is 4.26. The number of aromatic carboxylic acids is 1. The molecule has 7 nitrogen and oxygen atoms in total. The van der Waals surface area contributed by atoms with Crippen LogP contribution < -0.4 is 10.1 Å². The minimum absolute atomic E-state index is 0.0919. The van der Waals surface area contributed by atoms with Gasteiger partial charge in [0.05, 0.1) is 7.11 Å². The van der Waals surface area contributed by atoms with E-state index in [-0.39, 0.29) is 23.7 Å². The van der Waals surface area contributed by atoms with E-state index >= 15 is 0 Å². The lowest BCUT2D eigenvalue weighted by atomic mass is 10.2. The molecule has 114 valence electrons. The van der Waals surface area contributed by atoms with Crippen LogP contribution in [0.5, 0.6) is 5.75 Å². The Labute approximate surface area is 126 Å². The average Bonchev–Trinajstić information content (AvgIpc) is 2.53. The molecule has 1 amide bonds. The van der Waals surface area contributed by atoms with Gasteiger partial charge in [-0.3, -0.25) is 5.32 Å². The van der Waals surface area contributed by atoms with Crippen LogP contribution in [0.1, 0.15) is 15.9 Å². The van der Waals surface area contributed by atoms with E-state index in [1.54, 1.807) is 0 Å². The number of aromatic nitrogens is 1. The Morgan fingerprint density at radius 2 is 2.00 bits per heavy atom. The molecule has 7 heteroatoms. The Kier molecular flexibility index (Phi) is 4.92. The number of nitrogens with one attached hydrogen (secondary N) is 1. The minimum Gasteiger partial charge on any atom is -0.496 e. The summed E-state index contributed by atoms with van der Waals surface area (Å²) < 4.78 is 9.98. The monoisotopic (exact) mass is 302 g/mol. The van der Waals surface area contributed by atoms with Crippen molar-refractivity contribution < 1.29 is 24.2 Å². The van der Waals surface area contributed by atoms with Crippen LogP contribution in [0.4, 0.5) is 10.6 Å². The summed E-state index contributed by atoms with van der Waals surface area (Å²) in [4.78, 5) is 26.4. The molecule has 0 radical (unpaired) electrons. The van der Waals surface area contributed by atoms with Crippen LogP contribution >= 0.6 is 0 Å². The van der Waals surface area contributed by atoms with Crippen LogP contribution in [0.25, 0.3) is 0 Å². The third-order valence-electron chi connectivity index (χ3n) is 2.76. The number of carboxylic acids is 1. The molecular formula is C15H14N2O5. The first kappa shape index (κ1) is 15.3. The first-order chi connectivity index (χ1) is 10.6. The van der Waals surface area contributed by atoms with Gasteiger partial charge in [-0.05, 0) is 5.56 Å². The molecule has 0 aliphatic heterocycles. The van der Waals surface area contributed by atoms with Gasteiger partial charge in [0.15, 0.2) is 0 Å². The molecule has 1 aromatic carbocycles. The van der Waals surface area contributed by atoms with Crippen molar-refractivity contribution in [2.45, 2.75) is 6.61 Å². The Morgan fingerprint density at radius 1 is 1.27 bits per heavy atom. The molecule has 0 fully saturated rings. The average molecular weight is 302 g/mol. The molecule has 2 N–H and O–H groups in total. The lowest BCUT2D eigenvalue weighted by molar-refractivity contribution is 0.0693. The summed E-state index contributed by atoms with van der Waals surface area (Å²) in [5.41, 5.74) is 0.759. The Morgan fingerprint density at radius 3 is 2.64 bits per heavy atom. The maximum absolute atomic E-state index is 11.7. The van der Waals surface area contributed by atoms with Gasteiger partial charge in [0, 0.05) is 12.3 Å². The largest absolute Gasteiger partial charge is 0.496 e. The highest BCUT2D eigenvalue weighted by atomic mass is 16.5. The van der Waals surface area contributed by atoms with Gasteiger partial charge in [0.25, 0.3) is 0 Å². The van der Waals surface area contributed by atoms with Crippen molar-refractivity contribution in [3.05, 3.63) is 53.7 Å². The quantitative estimate of drug-likeness (QED) is 0.880. The molecule has 0 aliphatic carbocycles. The van der Waals surface area contributed by atoms with E-state index < -0.39 is 12.1 Å². The van der Waals surface area contributed by atoms with E-state index in [0.29, 0.717) is 0 Å². The first-order valence-electron chi connectivity index (χ1n) is 6.35. The van der Waals surface area contributed by atoms with Crippen LogP contribution in [0.3, 0.4) is 0 Å². The molecule has 0 atom stereocenters. The van der Waals surface area contributed by atoms with Gasteiger partial charge in [-0.15, -0.1) is 0 Å². The topological polar surface area (TPSA) is 97.8 Å². The summed E-state index contributed by atoms with van der Waals surface area (Å²) >= 11 is 0. The number of amides is 1. The van der Waals surface area contributed by atoms with Crippen molar-refractivity contribution in [1.82, 2.24) is 4.98 Å². The highest BCUT2D eigenvalue weighted by Gasteiger charge is 2.14. The first-order valence-corrected chi connectivity index (χ1v) is 6.35. The van der Waals surface area contributed by atoms with Gasteiger partial charge in [0.1, 0.15) is 23.7 Å². The molecule has 1 aromatic heterocycles. The van der Waals surface area contributed by atoms with Crippen LogP contribution in [0.2, 0.25) is 0 Å². The van der Waals surface area contributed by atoms with Crippen molar-refractivity contribution >= 4 is 17.9 Å². The number of hydrogen-bond donors (Lipinski definition) is 2. The van der Waals surface area contributed by atoms with Gasteiger partial charge in [-0.25, -0.2) is 14.6 Å². The van der Waals surface area contributed by atoms with Gasteiger partial charge >= 0.3 is 12.1 Å². The van der Waals surface area contributed by atoms with Crippen molar-refractivity contribution in [2.24, 2.45) is 0 Å². The van der Waals surface area contributed by atoms with Crippen molar-refractivity contribution in [1.29, 1.82) is 0 Å². The molecule has 0 unspecified atom stereocenters. The second kappa shape index (κ2) is 7.07. The van der Waals surface area contributed by atoms with Gasteiger partial charge in [0.2, 0.25) is 0 Å². The summed E-state index contributed by atoms with van der Waals surface area (Å²) in [5, 5.41) is 11.4. The zero-order valence-corrected chi connectivity index (χ0v) is 11.8. The third kappa shape index (κ3) is 3.95. The predicted molar refractivity (Wildman–Crippen MR) is 78.0 cm³/mol. The molecule has 2 rings (SSSR count). The number of hydrogen-bond acceptors (Lipinski definition) is 5. The summed E-state index contributed by atoms with van der Waals surface area (Å²) in [6, 6.07) is 10.5. The fraction of sp³-hybridized carbons (Fsp3) is 0.133. The summed E-state index contributed by atoms with van der Waals surface area (Å²) in [7, 11) is 1.33. The number of carbonyl (C=O) groups excluding carboxylic acids is 1. The smallest absolute Gasteiger partial charge is 0.413 e. The number of anilines is 1. The van der Waals surface area contributed by atoms with E-state index in [0.717, 1.165) is 11.8 Å². The Bertz CT molecular complexity index is 673. The molecule has 0 aliphatic rings. The summed E-state index contributed by atoms with van der Waals surface area (Å²) in [5.74, 6) is -0.927. The highest BCUT2D eigenvalue weighted by molar-refractivity contribution is 5.91. The molecule has 1 heterocycles. The van der Waals surface area contributed by atoms with E-state index in [9.17, 15) is 9.59 Å². The van der Waals surface area contributed by atoms with Gasteiger partial charge in [-0.2, -0.15) is 0 Å². The number of rotatable bonds is 5. The van der Waals surface area contributed by atoms with Crippen LogP contribution in [-0.2, 0) is 11.3 Å². The maximum Gasteiger partial charge on any atom is 0.413 e. The number of carbonyl (C=O) groups is 2. The van der Waals surface area contributed by atoms with Gasteiger partial charge in [-0.1, -0.05) is 30.3 Å². The SMILES string of the molecule is COc1cc(NC(=O)OCc2ccccc2)ncc1C(=O)O. The zero-order valence-electron chi connectivity index (χ0n) is 11.8. The number of nitrogens with zero attached hydrogens (tertiary/aromatic N) is 1. The third-order valence-corrected chi connectivity index (χ3v) is 2.76. The maximum atomic E-state index is 11.7. The summed E-state index contributed by atoms with van der Waals surface area (Å²) in [6.07, 6.45) is 0.412. The van der Waals surface area contributed by atoms with Crippen LogP contribution in [0, 0.1) is 0 Å². The van der Waals surface area contributed by atoms with E-state index in [2.05, 4.69) is 10.3 Å². The standard InChI is InChI=1S/C15H14N2O5/c1-21-12-7-13(16-8-11(12)14(18)19)17-15(20)22-9-10-5-3-2-4-6-10/h2-8H,9H2,1H3,(H,18,19)(H,16,17,20). The molecule has 22 heavy (non-hydrogen) atoms. The highest BCUT2D eigenvalue weighted by Crippen LogP contribution is 2.20. The number of ether oxygens (including phenoxy) is 2. The zero-order chi connectivity index (χ0) is 15.9. The molecule has 0 bridgehead atoms. The predicted octanol–water partition coefficient (Wildman–Crippen LogP) is 2.54. The Balaban J connectivity index is 1.98. The van der Waals surface area contributed by atoms with Crippen LogP contribution in [-0.4, -0.2) is 29.3 Å². The van der Waals surface area contributed by atoms with Crippen LogP contribution in [0.15, 0.2) is 42.6 Å². The van der Waals surface area contributed by atoms with Crippen molar-refractivity contribution in [3.63, 3.8) is 0 Å². The van der Waals surface area contributed by atoms with Crippen molar-refractivity contribution in [3.8, 4) is 5.75 Å². The normalized spacial score (nSPS) is 9.86. The lowest BCUT2D eigenvalue weighted by Gasteiger charge is -2.09. The summed E-state index contributed by atoms with van der Waals surface area (Å²) in [6.45, 7) is 0.122. The van der Waals surface area contributed by atoms with E-state index in [1.807, 2.05) is 30.3 Å². The molecule has 2 aromatic rings. The molecule has 0 saturated heterocycles. The minimum atomic E-state index is -1.16. The second-order valence-electron chi connectivity index (χ2n) is 4.26. The fourth-order valence-corrected chi connectivity index (χ4v) is 1.70. The number of carboxylic acid groups (broad SMARTS) is 1. The van der Waals surface area contributed by atoms with Crippen molar-refractivity contribution in [2.75, 3.05) is 12.4 Å². The lowest BCUT2D eigenvalue weighted by Crippen LogP contribution is -2.15. The number of methoxy groups -OCH3 is 1. The molecular weight excluding hydrogens is 288 g/mol. The van der Waals surface area contributed by atoms with E-state index in [4.69, 9.17) is 14.6 Å². The molecule has 0 saturated carbocycles. The number of benzene rings is 1.